The van der Waals surface area contributed by atoms with Crippen LogP contribution in [0.25, 0.3) is 16.6 Å². The van der Waals surface area contributed by atoms with Crippen LogP contribution in [0.15, 0.2) is 164 Å². The maximum absolute atomic E-state index is 14.9. The van der Waals surface area contributed by atoms with Crippen molar-refractivity contribution in [2.45, 2.75) is 25.6 Å². The van der Waals surface area contributed by atoms with Gasteiger partial charge >= 0.3 is 0 Å². The van der Waals surface area contributed by atoms with E-state index < -0.39 is 0 Å². The lowest BCUT2D eigenvalue weighted by Gasteiger charge is -2.38. The molecule has 1 aliphatic heterocycles. The van der Waals surface area contributed by atoms with Crippen LogP contribution in [0.2, 0.25) is 0 Å². The molecule has 2 heterocycles. The predicted octanol–water partition coefficient (Wildman–Crippen LogP) is 9.32. The van der Waals surface area contributed by atoms with Gasteiger partial charge < -0.3 is 19.1 Å². The van der Waals surface area contributed by atoms with Gasteiger partial charge in [-0.05, 0) is 91.8 Å². The van der Waals surface area contributed by atoms with Gasteiger partial charge in [0.05, 0.1) is 22.3 Å². The number of amides is 2. The van der Waals surface area contributed by atoms with E-state index in [1.165, 1.54) is 11.1 Å². The monoisotopic (exact) mass is 710 g/mol. The number of carbonyl (C=O) groups is 2. The summed E-state index contributed by atoms with van der Waals surface area (Å²) in [5.41, 5.74) is 7.68. The van der Waals surface area contributed by atoms with Crippen molar-refractivity contribution in [2.75, 3.05) is 25.5 Å². The van der Waals surface area contributed by atoms with Gasteiger partial charge in [-0.3, -0.25) is 14.5 Å². The Balaban J connectivity index is 1.16. The normalized spacial score (nSPS) is 13.8. The van der Waals surface area contributed by atoms with E-state index in [4.69, 9.17) is 4.74 Å². The third kappa shape index (κ3) is 7.01. The third-order valence-electron chi connectivity index (χ3n) is 10.1. The highest BCUT2D eigenvalue weighted by Crippen LogP contribution is 2.34. The Morgan fingerprint density at radius 3 is 2.06 bits per heavy atom. The summed E-state index contributed by atoms with van der Waals surface area (Å²) in [6, 6.07) is 51.4. The molecule has 7 aromatic rings. The maximum Gasteiger partial charge on any atom is 0.265 e. The summed E-state index contributed by atoms with van der Waals surface area (Å²) in [7, 11) is 4.10. The van der Waals surface area contributed by atoms with Gasteiger partial charge in [0.25, 0.3) is 11.8 Å². The minimum atomic E-state index is -0.184. The van der Waals surface area contributed by atoms with E-state index >= 15 is 0 Å². The van der Waals surface area contributed by atoms with Crippen molar-refractivity contribution in [3.8, 4) is 11.4 Å². The molecule has 0 N–H and O–H groups in total. The molecule has 0 unspecified atom stereocenters. The van der Waals surface area contributed by atoms with E-state index in [0.717, 1.165) is 40.8 Å². The molecular formula is C47H42N4O3. The van der Waals surface area contributed by atoms with Crippen LogP contribution in [0.4, 0.5) is 11.4 Å². The molecule has 0 saturated heterocycles. The minimum Gasteiger partial charge on any atom is -0.489 e. The lowest BCUT2D eigenvalue weighted by Crippen LogP contribution is -2.49. The van der Waals surface area contributed by atoms with Crippen molar-refractivity contribution in [2.24, 2.45) is 0 Å². The summed E-state index contributed by atoms with van der Waals surface area (Å²) in [5.74, 6) is 0.501. The largest absolute Gasteiger partial charge is 0.489 e. The topological polar surface area (TPSA) is 58.0 Å². The number of nitrogens with zero attached hydrogens (tertiary/aromatic N) is 4. The Kier molecular flexibility index (Phi) is 9.79. The van der Waals surface area contributed by atoms with Gasteiger partial charge in [0, 0.05) is 42.1 Å². The molecule has 1 atom stereocenters. The number of para-hydroxylation sites is 3. The van der Waals surface area contributed by atoms with Crippen molar-refractivity contribution >= 4 is 34.1 Å². The molecule has 7 nitrogen and oxygen atoms in total. The Hall–Kier alpha value is -6.44. The first-order valence-electron chi connectivity index (χ1n) is 18.3. The number of anilines is 2. The minimum absolute atomic E-state index is 0.0172. The molecule has 1 aliphatic rings. The molecule has 268 valence electrons. The number of rotatable bonds is 10. The van der Waals surface area contributed by atoms with Crippen LogP contribution in [-0.4, -0.2) is 52.9 Å². The highest BCUT2D eigenvalue weighted by molar-refractivity contribution is 6.17. The lowest BCUT2D eigenvalue weighted by molar-refractivity contribution is 0.0606. The number of fused-ring (bicyclic) bond motifs is 2. The second-order valence-corrected chi connectivity index (χ2v) is 14.0. The quantitative estimate of drug-likeness (QED) is 0.142. The highest BCUT2D eigenvalue weighted by atomic mass is 16.5. The first-order valence-corrected chi connectivity index (χ1v) is 18.3. The fraction of sp³-hybridized carbons (Fsp3) is 0.149. The molecular weight excluding hydrogens is 669 g/mol. The summed E-state index contributed by atoms with van der Waals surface area (Å²) in [4.78, 5) is 35.5. The van der Waals surface area contributed by atoms with Gasteiger partial charge in [-0.15, -0.1) is 0 Å². The van der Waals surface area contributed by atoms with E-state index in [9.17, 15) is 9.59 Å². The molecule has 7 heteroatoms. The second-order valence-electron chi connectivity index (χ2n) is 14.0. The Morgan fingerprint density at radius 1 is 0.667 bits per heavy atom. The van der Waals surface area contributed by atoms with E-state index in [1.807, 2.05) is 155 Å². The number of aromatic nitrogens is 1. The van der Waals surface area contributed by atoms with Crippen LogP contribution in [-0.2, 0) is 19.6 Å². The van der Waals surface area contributed by atoms with Gasteiger partial charge in [-0.1, -0.05) is 103 Å². The molecule has 2 amide bonds. The molecule has 6 aromatic carbocycles. The van der Waals surface area contributed by atoms with Crippen molar-refractivity contribution in [3.63, 3.8) is 0 Å². The Bertz CT molecular complexity index is 2400. The lowest BCUT2D eigenvalue weighted by atomic mass is 9.93. The molecule has 0 saturated carbocycles. The fourth-order valence-electron chi connectivity index (χ4n) is 7.49. The van der Waals surface area contributed by atoms with E-state index in [1.54, 1.807) is 4.90 Å². The first-order chi connectivity index (χ1) is 26.4. The van der Waals surface area contributed by atoms with Gasteiger partial charge in [0.2, 0.25) is 0 Å². The van der Waals surface area contributed by atoms with E-state index in [-0.39, 0.29) is 17.9 Å². The van der Waals surface area contributed by atoms with Gasteiger partial charge in [0.15, 0.2) is 0 Å². The average molecular weight is 711 g/mol. The summed E-state index contributed by atoms with van der Waals surface area (Å²) in [6.45, 7) is 1.75. The van der Waals surface area contributed by atoms with Crippen molar-refractivity contribution in [1.82, 2.24) is 14.4 Å². The van der Waals surface area contributed by atoms with Crippen LogP contribution in [0, 0.1) is 0 Å². The third-order valence-corrected chi connectivity index (χ3v) is 10.1. The molecule has 1 aromatic heterocycles. The zero-order chi connectivity index (χ0) is 37.0. The van der Waals surface area contributed by atoms with E-state index in [0.29, 0.717) is 35.7 Å². The fourth-order valence-corrected chi connectivity index (χ4v) is 7.49. The standard InChI is InChI=1S/C47H42N4O3/c1-48(2)31-39-29-35-17-9-10-18-36(35)30-49(39)46(52)42-22-12-14-24-45(42)50-32-43(41-21-11-13-23-44(41)50)47(53)51(37-19-7-4-8-20-37)38-25-27-40(28-26-38)54-33-34-15-5-3-6-16-34/h3-28,32,39H,29-31,33H2,1-2H3/t39-/m0/s1. The number of hydrogen-bond acceptors (Lipinski definition) is 4. The first kappa shape index (κ1) is 34.6. The van der Waals surface area contributed by atoms with Crippen LogP contribution >= 0.6 is 0 Å². The molecule has 54 heavy (non-hydrogen) atoms. The number of hydrogen-bond donors (Lipinski definition) is 0. The molecule has 0 bridgehead atoms. The zero-order valence-electron chi connectivity index (χ0n) is 30.5. The van der Waals surface area contributed by atoms with Crippen molar-refractivity contribution in [3.05, 3.63) is 192 Å². The molecule has 0 spiro atoms. The van der Waals surface area contributed by atoms with Crippen LogP contribution in [0.1, 0.15) is 37.4 Å². The molecule has 0 aliphatic carbocycles. The molecule has 8 rings (SSSR count). The zero-order valence-corrected chi connectivity index (χ0v) is 30.5. The number of likely N-dealkylation sites (N-methyl/N-ethyl adjacent to an activating group) is 1. The number of ether oxygens (including phenoxy) is 1. The van der Waals surface area contributed by atoms with Crippen LogP contribution in [0.5, 0.6) is 5.75 Å². The van der Waals surface area contributed by atoms with E-state index in [2.05, 4.69) is 37.2 Å². The highest BCUT2D eigenvalue weighted by Gasteiger charge is 2.32. The Morgan fingerprint density at radius 2 is 1.30 bits per heavy atom. The van der Waals surface area contributed by atoms with Crippen molar-refractivity contribution < 1.29 is 14.3 Å². The Labute approximate surface area is 316 Å². The number of carbonyl (C=O) groups excluding carboxylic acids is 2. The predicted molar refractivity (Wildman–Crippen MR) is 216 cm³/mol. The summed E-state index contributed by atoms with van der Waals surface area (Å²) in [5, 5.41) is 0.797. The van der Waals surface area contributed by atoms with Gasteiger partial charge in [0.1, 0.15) is 12.4 Å². The SMILES string of the molecule is CN(C)C[C@@H]1Cc2ccccc2CN1C(=O)c1ccccc1-n1cc(C(=O)N(c2ccccc2)c2ccc(OCc3ccccc3)cc2)c2ccccc21. The average Bonchev–Trinajstić information content (AvgIpc) is 3.60. The van der Waals surface area contributed by atoms with Crippen LogP contribution < -0.4 is 9.64 Å². The molecule has 0 radical (unpaired) electrons. The maximum atomic E-state index is 14.9. The van der Waals surface area contributed by atoms with Gasteiger partial charge in [-0.25, -0.2) is 0 Å². The summed E-state index contributed by atoms with van der Waals surface area (Å²) in [6.07, 6.45) is 2.68. The smallest absolute Gasteiger partial charge is 0.265 e. The second kappa shape index (κ2) is 15.3. The summed E-state index contributed by atoms with van der Waals surface area (Å²) >= 11 is 0. The number of benzene rings is 6. The molecule has 0 fully saturated rings. The van der Waals surface area contributed by atoms with Crippen molar-refractivity contribution in [1.29, 1.82) is 0 Å². The van der Waals surface area contributed by atoms with Gasteiger partial charge in [-0.2, -0.15) is 0 Å². The summed E-state index contributed by atoms with van der Waals surface area (Å²) < 4.78 is 8.06. The van der Waals surface area contributed by atoms with Crippen LogP contribution in [0.3, 0.4) is 0 Å².